The van der Waals surface area contributed by atoms with E-state index in [0.717, 1.165) is 18.5 Å². The van der Waals surface area contributed by atoms with Gasteiger partial charge in [-0.05, 0) is 44.5 Å². The van der Waals surface area contributed by atoms with Crippen molar-refractivity contribution in [2.24, 2.45) is 0 Å². The first kappa shape index (κ1) is 15.6. The summed E-state index contributed by atoms with van der Waals surface area (Å²) in [6.07, 6.45) is 0.323. The molecule has 0 heterocycles. The van der Waals surface area contributed by atoms with E-state index in [4.69, 9.17) is 0 Å². The van der Waals surface area contributed by atoms with E-state index in [9.17, 15) is 13.2 Å². The quantitative estimate of drug-likeness (QED) is 0.619. The summed E-state index contributed by atoms with van der Waals surface area (Å²) in [5, 5.41) is 3.29. The largest absolute Gasteiger partial charge is 0.573 e. The molecule has 1 unspecified atom stereocenters. The molecular formula is C14H18F3NO. The van der Waals surface area contributed by atoms with Gasteiger partial charge in [0.25, 0.3) is 0 Å². The fourth-order valence-corrected chi connectivity index (χ4v) is 1.63. The van der Waals surface area contributed by atoms with Crippen LogP contribution in [0.2, 0.25) is 0 Å². The maximum atomic E-state index is 12.0. The van der Waals surface area contributed by atoms with Crippen LogP contribution < -0.4 is 10.1 Å². The Morgan fingerprint density at radius 2 is 1.89 bits per heavy atom. The molecule has 1 atom stereocenters. The minimum absolute atomic E-state index is 0.0881. The van der Waals surface area contributed by atoms with E-state index in [1.165, 1.54) is 12.1 Å². The Hall–Kier alpha value is -1.49. The van der Waals surface area contributed by atoms with Crippen LogP contribution in [0.25, 0.3) is 0 Å². The van der Waals surface area contributed by atoms with E-state index >= 15 is 0 Å². The van der Waals surface area contributed by atoms with Gasteiger partial charge in [-0.1, -0.05) is 24.3 Å². The van der Waals surface area contributed by atoms with Gasteiger partial charge < -0.3 is 10.1 Å². The van der Waals surface area contributed by atoms with Crippen molar-refractivity contribution in [2.45, 2.75) is 32.7 Å². The van der Waals surface area contributed by atoms with E-state index in [-0.39, 0.29) is 11.8 Å². The number of rotatable bonds is 6. The zero-order chi connectivity index (χ0) is 14.3. The number of nitrogens with one attached hydrogen (secondary N) is 1. The second-order valence-corrected chi connectivity index (χ2v) is 4.15. The van der Waals surface area contributed by atoms with Crippen LogP contribution in [0.3, 0.4) is 0 Å². The van der Waals surface area contributed by atoms with Crippen molar-refractivity contribution in [3.8, 4) is 5.75 Å². The summed E-state index contributed by atoms with van der Waals surface area (Å²) in [4.78, 5) is 0. The van der Waals surface area contributed by atoms with Gasteiger partial charge in [0, 0.05) is 6.04 Å². The molecule has 0 radical (unpaired) electrons. The van der Waals surface area contributed by atoms with Crippen LogP contribution in [0, 0.1) is 0 Å². The Morgan fingerprint density at radius 3 is 2.42 bits per heavy atom. The third-order valence-corrected chi connectivity index (χ3v) is 2.61. The molecule has 1 aromatic carbocycles. The van der Waals surface area contributed by atoms with Gasteiger partial charge >= 0.3 is 6.36 Å². The van der Waals surface area contributed by atoms with Crippen LogP contribution in [-0.2, 0) is 0 Å². The molecule has 2 nitrogen and oxygen atoms in total. The van der Waals surface area contributed by atoms with Gasteiger partial charge in [-0.15, -0.1) is 13.2 Å². The highest BCUT2D eigenvalue weighted by atomic mass is 19.4. The number of benzene rings is 1. The predicted molar refractivity (Wildman–Crippen MR) is 69.0 cm³/mol. The van der Waals surface area contributed by atoms with Crippen molar-refractivity contribution < 1.29 is 17.9 Å². The number of ether oxygens (including phenoxy) is 1. The topological polar surface area (TPSA) is 21.3 Å². The summed E-state index contributed by atoms with van der Waals surface area (Å²) < 4.78 is 39.8. The molecule has 0 amide bonds. The first-order chi connectivity index (χ1) is 8.92. The van der Waals surface area contributed by atoms with E-state index in [1.54, 1.807) is 12.1 Å². The fraction of sp³-hybridized carbons (Fsp3) is 0.429. The third kappa shape index (κ3) is 6.29. The van der Waals surface area contributed by atoms with E-state index in [0.29, 0.717) is 0 Å². The number of allylic oxidation sites excluding steroid dienone is 1. The van der Waals surface area contributed by atoms with Crippen molar-refractivity contribution in [1.82, 2.24) is 5.32 Å². The Bertz CT molecular complexity index is 398. The first-order valence-corrected chi connectivity index (χ1v) is 6.12. The third-order valence-electron chi connectivity index (χ3n) is 2.61. The normalized spacial score (nSPS) is 13.7. The number of halogens is 3. The minimum atomic E-state index is -4.64. The van der Waals surface area contributed by atoms with Gasteiger partial charge in [0.1, 0.15) is 5.75 Å². The molecule has 1 N–H and O–H groups in total. The summed E-state index contributed by atoms with van der Waals surface area (Å²) in [7, 11) is 0. The lowest BCUT2D eigenvalue weighted by atomic mass is 10.1. The number of alkyl halides is 3. The van der Waals surface area contributed by atoms with Crippen molar-refractivity contribution >= 4 is 0 Å². The molecule has 1 aromatic rings. The van der Waals surface area contributed by atoms with Crippen molar-refractivity contribution in [1.29, 1.82) is 0 Å². The molecule has 0 aliphatic rings. The highest BCUT2D eigenvalue weighted by molar-refractivity contribution is 5.29. The van der Waals surface area contributed by atoms with Crippen molar-refractivity contribution in [3.63, 3.8) is 0 Å². The predicted octanol–water partition coefficient (Wildman–Crippen LogP) is 4.20. The molecule has 0 spiro atoms. The van der Waals surface area contributed by atoms with Gasteiger partial charge in [-0.2, -0.15) is 0 Å². The Kier molecular flexibility index (Phi) is 5.89. The smallest absolute Gasteiger partial charge is 0.406 e. The molecule has 1 rings (SSSR count). The lowest BCUT2D eigenvalue weighted by Gasteiger charge is -2.14. The zero-order valence-corrected chi connectivity index (χ0v) is 11.0. The van der Waals surface area contributed by atoms with Gasteiger partial charge in [0.15, 0.2) is 0 Å². The van der Waals surface area contributed by atoms with Crippen molar-refractivity contribution in [2.75, 3.05) is 6.54 Å². The molecule has 0 fully saturated rings. The maximum absolute atomic E-state index is 12.0. The lowest BCUT2D eigenvalue weighted by Crippen LogP contribution is -2.20. The van der Waals surface area contributed by atoms with Crippen LogP contribution in [0.1, 0.15) is 31.9 Å². The van der Waals surface area contributed by atoms with Crippen LogP contribution in [0.15, 0.2) is 36.4 Å². The lowest BCUT2D eigenvalue weighted by molar-refractivity contribution is -0.274. The first-order valence-electron chi connectivity index (χ1n) is 6.12. The van der Waals surface area contributed by atoms with Crippen molar-refractivity contribution in [3.05, 3.63) is 42.0 Å². The second-order valence-electron chi connectivity index (χ2n) is 4.15. The molecular weight excluding hydrogens is 255 g/mol. The van der Waals surface area contributed by atoms with Gasteiger partial charge in [0.2, 0.25) is 0 Å². The molecule has 0 aromatic heterocycles. The molecule has 0 bridgehead atoms. The average molecular weight is 273 g/mol. The Balaban J connectivity index is 2.51. The Morgan fingerprint density at radius 1 is 1.26 bits per heavy atom. The highest BCUT2D eigenvalue weighted by Gasteiger charge is 2.30. The summed E-state index contributed by atoms with van der Waals surface area (Å²) >= 11 is 0. The molecule has 0 saturated carbocycles. The summed E-state index contributed by atoms with van der Waals surface area (Å²) in [5.41, 5.74) is 0.926. The van der Waals surface area contributed by atoms with Gasteiger partial charge in [-0.3, -0.25) is 0 Å². The van der Waals surface area contributed by atoms with E-state index in [2.05, 4.69) is 16.1 Å². The van der Waals surface area contributed by atoms with Crippen LogP contribution in [0.5, 0.6) is 5.75 Å². The molecule has 0 aliphatic heterocycles. The molecule has 0 saturated heterocycles. The maximum Gasteiger partial charge on any atom is 0.573 e. The summed E-state index contributed by atoms with van der Waals surface area (Å²) in [6.45, 7) is 4.75. The summed E-state index contributed by atoms with van der Waals surface area (Å²) in [5.74, 6) is -0.197. The molecule has 5 heteroatoms. The zero-order valence-electron chi connectivity index (χ0n) is 11.0. The monoisotopic (exact) mass is 273 g/mol. The van der Waals surface area contributed by atoms with E-state index < -0.39 is 6.36 Å². The molecule has 106 valence electrons. The molecule has 0 aliphatic carbocycles. The molecule has 19 heavy (non-hydrogen) atoms. The van der Waals surface area contributed by atoms with E-state index in [1.807, 2.05) is 19.9 Å². The van der Waals surface area contributed by atoms with Crippen LogP contribution >= 0.6 is 0 Å². The van der Waals surface area contributed by atoms with Crippen LogP contribution in [0.4, 0.5) is 13.2 Å². The van der Waals surface area contributed by atoms with Crippen LogP contribution in [-0.4, -0.2) is 12.9 Å². The van der Waals surface area contributed by atoms with Gasteiger partial charge in [0.05, 0.1) is 0 Å². The second kappa shape index (κ2) is 7.19. The average Bonchev–Trinajstić information content (AvgIpc) is 2.33. The Labute approximate surface area is 111 Å². The summed E-state index contributed by atoms with van der Waals surface area (Å²) in [6, 6.07) is 6.01. The standard InChI is InChI=1S/C14H18F3NO/c1-3-4-5-10-18-11(2)12-6-8-13(9-7-12)19-14(15,16)17/h3-4,6-9,11,18H,5,10H2,1-2H3/b4-3+. The highest BCUT2D eigenvalue weighted by Crippen LogP contribution is 2.24. The fourth-order valence-electron chi connectivity index (χ4n) is 1.63. The minimum Gasteiger partial charge on any atom is -0.406 e. The van der Waals surface area contributed by atoms with Gasteiger partial charge in [-0.25, -0.2) is 0 Å². The number of hydrogen-bond acceptors (Lipinski definition) is 2. The SMILES string of the molecule is C/C=C/CCNC(C)c1ccc(OC(F)(F)F)cc1. The number of hydrogen-bond donors (Lipinski definition) is 1.